The van der Waals surface area contributed by atoms with Crippen molar-refractivity contribution in [2.45, 2.75) is 44.8 Å². The second-order valence-corrected chi connectivity index (χ2v) is 5.51. The molecule has 20 heavy (non-hydrogen) atoms. The number of rotatable bonds is 2. The van der Waals surface area contributed by atoms with E-state index in [1.807, 2.05) is 4.90 Å². The number of aromatic nitrogens is 2. The molecule has 1 aromatic rings. The minimum absolute atomic E-state index is 0.0432. The molecule has 0 atom stereocenters. The van der Waals surface area contributed by atoms with Crippen molar-refractivity contribution in [3.63, 3.8) is 0 Å². The highest BCUT2D eigenvalue weighted by Gasteiger charge is 2.39. The highest BCUT2D eigenvalue weighted by Crippen LogP contribution is 2.35. The molecule has 0 radical (unpaired) electrons. The van der Waals surface area contributed by atoms with Crippen molar-refractivity contribution in [1.82, 2.24) is 20.4 Å². The van der Waals surface area contributed by atoms with E-state index in [2.05, 4.69) is 15.5 Å². The largest absolute Gasteiger partial charge is 0.375 e. The van der Waals surface area contributed by atoms with Crippen molar-refractivity contribution in [3.8, 4) is 0 Å². The smallest absolute Gasteiger partial charge is 0.317 e. The van der Waals surface area contributed by atoms with Gasteiger partial charge in [0.05, 0.1) is 12.1 Å². The van der Waals surface area contributed by atoms with E-state index in [0.29, 0.717) is 18.3 Å². The lowest BCUT2D eigenvalue weighted by Gasteiger charge is -2.38. The minimum Gasteiger partial charge on any atom is -0.375 e. The molecule has 0 aromatic carbocycles. The van der Waals surface area contributed by atoms with Gasteiger partial charge in [0.2, 0.25) is 5.89 Å². The van der Waals surface area contributed by atoms with Crippen LogP contribution >= 0.6 is 0 Å². The summed E-state index contributed by atoms with van der Waals surface area (Å²) in [5.41, 5.74) is 0.0432. The molecule has 2 saturated heterocycles. The monoisotopic (exact) mass is 280 g/mol. The molecule has 0 bridgehead atoms. The molecule has 2 aliphatic heterocycles. The molecule has 110 valence electrons. The Morgan fingerprint density at radius 3 is 2.80 bits per heavy atom. The lowest BCUT2D eigenvalue weighted by atomic mass is 9.89. The summed E-state index contributed by atoms with van der Waals surface area (Å²) < 4.78 is 10.7. The maximum absolute atomic E-state index is 12.1. The van der Waals surface area contributed by atoms with Crippen LogP contribution in [0, 0.1) is 6.92 Å². The summed E-state index contributed by atoms with van der Waals surface area (Å²) in [4.78, 5) is 18.0. The van der Waals surface area contributed by atoms with Gasteiger partial charge >= 0.3 is 6.03 Å². The van der Waals surface area contributed by atoms with Gasteiger partial charge in [-0.05, 0) is 25.7 Å². The summed E-state index contributed by atoms with van der Waals surface area (Å²) in [5, 5.41) is 6.57. The molecule has 2 fully saturated rings. The topological polar surface area (TPSA) is 80.5 Å². The molecule has 7 heteroatoms. The predicted molar refractivity (Wildman–Crippen MR) is 70.0 cm³/mol. The van der Waals surface area contributed by atoms with Crippen molar-refractivity contribution >= 4 is 6.03 Å². The van der Waals surface area contributed by atoms with Gasteiger partial charge in [0.15, 0.2) is 5.82 Å². The van der Waals surface area contributed by atoms with Crippen LogP contribution in [0.4, 0.5) is 4.79 Å². The summed E-state index contributed by atoms with van der Waals surface area (Å²) in [6.45, 7) is 4.38. The van der Waals surface area contributed by atoms with E-state index in [-0.39, 0.29) is 11.6 Å². The van der Waals surface area contributed by atoms with Crippen LogP contribution in [0.15, 0.2) is 4.52 Å². The second kappa shape index (κ2) is 5.40. The molecule has 1 spiro atoms. The van der Waals surface area contributed by atoms with Crippen molar-refractivity contribution in [2.24, 2.45) is 0 Å². The fourth-order valence-corrected chi connectivity index (χ4v) is 2.95. The van der Waals surface area contributed by atoms with Crippen molar-refractivity contribution < 1.29 is 14.1 Å². The van der Waals surface area contributed by atoms with Gasteiger partial charge < -0.3 is 19.5 Å². The van der Waals surface area contributed by atoms with Gasteiger partial charge in [0.25, 0.3) is 0 Å². The number of aryl methyl sites for hydroxylation is 1. The third-order valence-electron chi connectivity index (χ3n) is 4.11. The van der Waals surface area contributed by atoms with Gasteiger partial charge in [-0.2, -0.15) is 4.98 Å². The lowest BCUT2D eigenvalue weighted by molar-refractivity contribution is -0.0361. The number of piperidine rings is 1. The number of nitrogens with one attached hydrogen (secondary N) is 1. The Bertz CT molecular complexity index is 472. The standard InChI is InChI=1S/C13H20N4O3/c1-10-15-11(16-20-10)9-14-12(18)17-6-4-13(5-7-17)3-2-8-19-13/h2-9H2,1H3,(H,14,18). The Balaban J connectivity index is 1.46. The van der Waals surface area contributed by atoms with E-state index in [1.165, 1.54) is 0 Å². The SMILES string of the molecule is Cc1nc(CNC(=O)N2CCC3(CCCO3)CC2)no1. The first kappa shape index (κ1) is 13.4. The average molecular weight is 280 g/mol. The van der Waals surface area contributed by atoms with Crippen LogP contribution in [-0.2, 0) is 11.3 Å². The van der Waals surface area contributed by atoms with E-state index in [0.717, 1.165) is 45.4 Å². The van der Waals surface area contributed by atoms with E-state index >= 15 is 0 Å². The highest BCUT2D eigenvalue weighted by atomic mass is 16.5. The first-order valence-electron chi connectivity index (χ1n) is 7.13. The summed E-state index contributed by atoms with van der Waals surface area (Å²) in [5.74, 6) is 1.01. The normalized spacial score (nSPS) is 21.4. The fraction of sp³-hybridized carbons (Fsp3) is 0.769. The zero-order valence-corrected chi connectivity index (χ0v) is 11.7. The van der Waals surface area contributed by atoms with Crippen molar-refractivity contribution in [3.05, 3.63) is 11.7 Å². The number of likely N-dealkylation sites (tertiary alicyclic amines) is 1. The number of carbonyl (C=O) groups is 1. The van der Waals surface area contributed by atoms with Gasteiger partial charge in [0, 0.05) is 26.6 Å². The highest BCUT2D eigenvalue weighted by molar-refractivity contribution is 5.74. The molecule has 0 saturated carbocycles. The zero-order valence-electron chi connectivity index (χ0n) is 11.7. The minimum atomic E-state index is -0.0692. The summed E-state index contributed by atoms with van der Waals surface area (Å²) >= 11 is 0. The molecule has 0 aliphatic carbocycles. The van der Waals surface area contributed by atoms with E-state index in [4.69, 9.17) is 9.26 Å². The summed E-state index contributed by atoms with van der Waals surface area (Å²) in [7, 11) is 0. The molecule has 2 amide bonds. The number of urea groups is 1. The van der Waals surface area contributed by atoms with Crippen LogP contribution in [0.1, 0.15) is 37.4 Å². The Morgan fingerprint density at radius 1 is 1.40 bits per heavy atom. The van der Waals surface area contributed by atoms with Gasteiger partial charge in [-0.25, -0.2) is 4.79 Å². The van der Waals surface area contributed by atoms with Gasteiger partial charge in [-0.1, -0.05) is 5.16 Å². The molecule has 1 N–H and O–H groups in total. The Kier molecular flexibility index (Phi) is 3.60. The third kappa shape index (κ3) is 2.77. The van der Waals surface area contributed by atoms with Crippen LogP contribution in [0.5, 0.6) is 0 Å². The van der Waals surface area contributed by atoms with E-state index in [9.17, 15) is 4.79 Å². The number of hydrogen-bond acceptors (Lipinski definition) is 5. The maximum Gasteiger partial charge on any atom is 0.317 e. The number of amides is 2. The zero-order chi connectivity index (χ0) is 14.0. The number of nitrogens with zero attached hydrogens (tertiary/aromatic N) is 3. The van der Waals surface area contributed by atoms with Gasteiger partial charge in [0.1, 0.15) is 0 Å². The molecule has 7 nitrogen and oxygen atoms in total. The third-order valence-corrected chi connectivity index (χ3v) is 4.11. The lowest BCUT2D eigenvalue weighted by Crippen LogP contribution is -2.49. The van der Waals surface area contributed by atoms with E-state index < -0.39 is 0 Å². The first-order chi connectivity index (χ1) is 9.67. The van der Waals surface area contributed by atoms with Crippen molar-refractivity contribution in [1.29, 1.82) is 0 Å². The number of carbonyl (C=O) groups excluding carboxylic acids is 1. The quantitative estimate of drug-likeness (QED) is 0.881. The van der Waals surface area contributed by atoms with Crippen LogP contribution in [-0.4, -0.2) is 46.4 Å². The average Bonchev–Trinajstić information content (AvgIpc) is 3.07. The van der Waals surface area contributed by atoms with Crippen molar-refractivity contribution in [2.75, 3.05) is 19.7 Å². The molecule has 3 heterocycles. The molecule has 1 aromatic heterocycles. The Morgan fingerprint density at radius 2 is 2.20 bits per heavy atom. The molecule has 3 rings (SSSR count). The molecule has 0 unspecified atom stereocenters. The Labute approximate surface area is 117 Å². The molecular weight excluding hydrogens is 260 g/mol. The van der Waals surface area contributed by atoms with Gasteiger partial charge in [-0.15, -0.1) is 0 Å². The maximum atomic E-state index is 12.1. The second-order valence-electron chi connectivity index (χ2n) is 5.51. The summed E-state index contributed by atoms with van der Waals surface area (Å²) in [6.07, 6.45) is 4.14. The van der Waals surface area contributed by atoms with Crippen LogP contribution in [0.3, 0.4) is 0 Å². The fourth-order valence-electron chi connectivity index (χ4n) is 2.95. The molecule has 2 aliphatic rings. The van der Waals surface area contributed by atoms with Crippen LogP contribution < -0.4 is 5.32 Å². The van der Waals surface area contributed by atoms with Gasteiger partial charge in [-0.3, -0.25) is 0 Å². The predicted octanol–water partition coefficient (Wildman–Crippen LogP) is 1.23. The Hall–Kier alpha value is -1.63. The number of hydrogen-bond donors (Lipinski definition) is 1. The summed E-state index contributed by atoms with van der Waals surface area (Å²) in [6, 6.07) is -0.0692. The first-order valence-corrected chi connectivity index (χ1v) is 7.13. The van der Waals surface area contributed by atoms with E-state index in [1.54, 1.807) is 6.92 Å². The van der Waals surface area contributed by atoms with Crippen LogP contribution in [0.2, 0.25) is 0 Å². The number of ether oxygens (including phenoxy) is 1. The van der Waals surface area contributed by atoms with Crippen LogP contribution in [0.25, 0.3) is 0 Å². The molecular formula is C13H20N4O3.